The van der Waals surface area contributed by atoms with Crippen LogP contribution in [-0.2, 0) is 6.54 Å². The molecule has 20 heavy (non-hydrogen) atoms. The Hall–Kier alpha value is -2.62. The van der Waals surface area contributed by atoms with Crippen LogP contribution >= 0.6 is 0 Å². The van der Waals surface area contributed by atoms with Crippen LogP contribution in [0.1, 0.15) is 5.56 Å². The van der Waals surface area contributed by atoms with E-state index in [0.29, 0.717) is 17.9 Å². The Balaban J connectivity index is 1.95. The molecule has 3 nitrogen and oxygen atoms in total. The lowest BCUT2D eigenvalue weighted by Crippen LogP contribution is -2.02. The molecule has 0 atom stereocenters. The molecule has 0 radical (unpaired) electrons. The van der Waals surface area contributed by atoms with Crippen molar-refractivity contribution in [1.29, 1.82) is 0 Å². The number of hydrogen-bond acceptors (Lipinski definition) is 2. The Morgan fingerprint density at radius 2 is 1.80 bits per heavy atom. The third-order valence-electron chi connectivity index (χ3n) is 3.16. The van der Waals surface area contributed by atoms with Crippen LogP contribution in [0.15, 0.2) is 60.9 Å². The highest BCUT2D eigenvalue weighted by Gasteiger charge is 2.10. The van der Waals surface area contributed by atoms with Crippen molar-refractivity contribution in [3.8, 4) is 11.4 Å². The molecule has 0 saturated heterocycles. The summed E-state index contributed by atoms with van der Waals surface area (Å²) in [5.41, 5.74) is 8.00. The zero-order valence-electron chi connectivity index (χ0n) is 10.8. The van der Waals surface area contributed by atoms with Gasteiger partial charge in [0.15, 0.2) is 0 Å². The van der Waals surface area contributed by atoms with E-state index >= 15 is 0 Å². The van der Waals surface area contributed by atoms with Gasteiger partial charge in [0.2, 0.25) is 0 Å². The Morgan fingerprint density at radius 3 is 2.55 bits per heavy atom. The van der Waals surface area contributed by atoms with Crippen LogP contribution < -0.4 is 5.73 Å². The number of nitrogen functional groups attached to an aromatic ring is 1. The molecule has 0 spiro atoms. The molecule has 2 N–H and O–H groups in total. The summed E-state index contributed by atoms with van der Waals surface area (Å²) in [5.74, 6) is 0.359. The summed E-state index contributed by atoms with van der Waals surface area (Å²) in [5, 5.41) is 0. The van der Waals surface area contributed by atoms with Crippen molar-refractivity contribution in [2.75, 3.05) is 5.73 Å². The van der Waals surface area contributed by atoms with Crippen molar-refractivity contribution < 1.29 is 4.39 Å². The number of hydrogen-bond donors (Lipinski definition) is 1. The molecule has 0 bridgehead atoms. The summed E-state index contributed by atoms with van der Waals surface area (Å²) in [4.78, 5) is 4.26. The van der Waals surface area contributed by atoms with E-state index in [2.05, 4.69) is 4.98 Å². The smallest absolute Gasteiger partial charge is 0.143 e. The van der Waals surface area contributed by atoms with Crippen molar-refractivity contribution in [2.24, 2.45) is 0 Å². The molecule has 0 aliphatic rings. The highest BCUT2D eigenvalue weighted by atomic mass is 19.1. The highest BCUT2D eigenvalue weighted by Crippen LogP contribution is 2.21. The molecule has 3 aromatic rings. The average molecular weight is 267 g/mol. The molecular weight excluding hydrogens is 253 g/mol. The number of benzene rings is 2. The van der Waals surface area contributed by atoms with Gasteiger partial charge in [0.1, 0.15) is 11.6 Å². The predicted octanol–water partition coefficient (Wildman–Crippen LogP) is 3.32. The third-order valence-corrected chi connectivity index (χ3v) is 3.16. The lowest BCUT2D eigenvalue weighted by molar-refractivity contribution is 0.628. The van der Waals surface area contributed by atoms with Crippen molar-refractivity contribution in [3.05, 3.63) is 72.3 Å². The first-order chi connectivity index (χ1) is 9.74. The second-order valence-electron chi connectivity index (χ2n) is 4.60. The first-order valence-corrected chi connectivity index (χ1v) is 6.34. The van der Waals surface area contributed by atoms with Gasteiger partial charge in [-0.15, -0.1) is 0 Å². The number of halogens is 1. The molecule has 100 valence electrons. The molecular formula is C16H14FN3. The summed E-state index contributed by atoms with van der Waals surface area (Å²) >= 11 is 0. The van der Waals surface area contributed by atoms with Crippen LogP contribution in [0.4, 0.5) is 10.1 Å². The Bertz CT molecular complexity index is 717. The summed E-state index contributed by atoms with van der Waals surface area (Å²) in [6.45, 7) is 0.629. The average Bonchev–Trinajstić information content (AvgIpc) is 2.90. The summed E-state index contributed by atoms with van der Waals surface area (Å²) in [6, 6.07) is 14.3. The quantitative estimate of drug-likeness (QED) is 0.740. The molecule has 0 aliphatic carbocycles. The van der Waals surface area contributed by atoms with Crippen molar-refractivity contribution in [3.63, 3.8) is 0 Å². The zero-order valence-corrected chi connectivity index (χ0v) is 10.8. The number of rotatable bonds is 3. The first kappa shape index (κ1) is 12.4. The molecule has 2 aromatic carbocycles. The van der Waals surface area contributed by atoms with Gasteiger partial charge in [0, 0.05) is 24.6 Å². The van der Waals surface area contributed by atoms with Gasteiger partial charge in [-0.2, -0.15) is 0 Å². The fraction of sp³-hybridized carbons (Fsp3) is 0.0625. The van der Waals surface area contributed by atoms with E-state index in [-0.39, 0.29) is 5.82 Å². The SMILES string of the molecule is Nc1ccc(Cn2ccnc2-c2ccccc2F)cc1. The van der Waals surface area contributed by atoms with Gasteiger partial charge in [-0.05, 0) is 29.8 Å². The van der Waals surface area contributed by atoms with E-state index in [4.69, 9.17) is 5.73 Å². The molecule has 4 heteroatoms. The number of aromatic nitrogens is 2. The second kappa shape index (κ2) is 5.17. The minimum absolute atomic E-state index is 0.266. The van der Waals surface area contributed by atoms with E-state index in [9.17, 15) is 4.39 Å². The highest BCUT2D eigenvalue weighted by molar-refractivity contribution is 5.56. The van der Waals surface area contributed by atoms with Crippen molar-refractivity contribution >= 4 is 5.69 Å². The number of nitrogens with zero attached hydrogens (tertiary/aromatic N) is 2. The predicted molar refractivity (Wildman–Crippen MR) is 77.6 cm³/mol. The summed E-state index contributed by atoms with van der Waals surface area (Å²) in [7, 11) is 0. The van der Waals surface area contributed by atoms with Crippen molar-refractivity contribution in [1.82, 2.24) is 9.55 Å². The Morgan fingerprint density at radius 1 is 1.05 bits per heavy atom. The lowest BCUT2D eigenvalue weighted by Gasteiger charge is -2.09. The molecule has 0 amide bonds. The first-order valence-electron chi connectivity index (χ1n) is 6.34. The number of nitrogens with two attached hydrogens (primary N) is 1. The molecule has 3 rings (SSSR count). The minimum Gasteiger partial charge on any atom is -0.399 e. The van der Waals surface area contributed by atoms with Gasteiger partial charge in [-0.3, -0.25) is 0 Å². The normalized spacial score (nSPS) is 10.7. The Labute approximate surface area is 116 Å². The Kier molecular flexibility index (Phi) is 3.21. The van der Waals surface area contributed by atoms with E-state index in [0.717, 1.165) is 11.3 Å². The van der Waals surface area contributed by atoms with Crippen LogP contribution in [0.2, 0.25) is 0 Å². The summed E-state index contributed by atoms with van der Waals surface area (Å²) in [6.07, 6.45) is 3.53. The third kappa shape index (κ3) is 2.40. The molecule has 1 heterocycles. The molecule has 0 fully saturated rings. The maximum Gasteiger partial charge on any atom is 0.143 e. The maximum absolute atomic E-state index is 13.9. The molecule has 0 aliphatic heterocycles. The zero-order chi connectivity index (χ0) is 13.9. The van der Waals surface area contributed by atoms with E-state index in [1.165, 1.54) is 6.07 Å². The van der Waals surface area contributed by atoms with Gasteiger partial charge < -0.3 is 10.3 Å². The molecule has 0 saturated carbocycles. The fourth-order valence-corrected chi connectivity index (χ4v) is 2.14. The number of imidazole rings is 1. The van der Waals surface area contributed by atoms with E-state index in [1.54, 1.807) is 24.4 Å². The molecule has 0 unspecified atom stereocenters. The van der Waals surface area contributed by atoms with Gasteiger partial charge in [-0.25, -0.2) is 9.37 Å². The van der Waals surface area contributed by atoms with E-state index in [1.807, 2.05) is 35.0 Å². The summed E-state index contributed by atoms with van der Waals surface area (Å²) < 4.78 is 15.8. The van der Waals surface area contributed by atoms with Gasteiger partial charge in [-0.1, -0.05) is 24.3 Å². The number of anilines is 1. The van der Waals surface area contributed by atoms with Crippen LogP contribution in [0.25, 0.3) is 11.4 Å². The molecule has 1 aromatic heterocycles. The lowest BCUT2D eigenvalue weighted by atomic mass is 10.2. The second-order valence-corrected chi connectivity index (χ2v) is 4.60. The van der Waals surface area contributed by atoms with Crippen LogP contribution in [0, 0.1) is 5.82 Å². The van der Waals surface area contributed by atoms with Gasteiger partial charge in [0.25, 0.3) is 0 Å². The van der Waals surface area contributed by atoms with Crippen LogP contribution in [0.3, 0.4) is 0 Å². The largest absolute Gasteiger partial charge is 0.399 e. The minimum atomic E-state index is -0.266. The van der Waals surface area contributed by atoms with Crippen molar-refractivity contribution in [2.45, 2.75) is 6.54 Å². The maximum atomic E-state index is 13.9. The van der Waals surface area contributed by atoms with E-state index < -0.39 is 0 Å². The van der Waals surface area contributed by atoms with Gasteiger partial charge in [0.05, 0.1) is 5.56 Å². The monoisotopic (exact) mass is 267 g/mol. The topological polar surface area (TPSA) is 43.8 Å². The van der Waals surface area contributed by atoms with Gasteiger partial charge >= 0.3 is 0 Å². The fourth-order valence-electron chi connectivity index (χ4n) is 2.14. The van der Waals surface area contributed by atoms with Crippen LogP contribution in [-0.4, -0.2) is 9.55 Å². The van der Waals surface area contributed by atoms with Crippen LogP contribution in [0.5, 0.6) is 0 Å². The standard InChI is InChI=1S/C16H14FN3/c17-15-4-2-1-3-14(15)16-19-9-10-20(16)11-12-5-7-13(18)8-6-12/h1-10H,11,18H2.